The van der Waals surface area contributed by atoms with Crippen LogP contribution in [0.15, 0.2) is 0 Å². The van der Waals surface area contributed by atoms with E-state index in [9.17, 15) is 4.79 Å². The Hall–Kier alpha value is 0.0769. The zero-order valence-corrected chi connectivity index (χ0v) is 44.2. The number of hydrogen-bond donors (Lipinski definition) is 1. The molecule has 0 rings (SSSR count). The van der Waals surface area contributed by atoms with Crippen molar-refractivity contribution in [1.82, 2.24) is 5.32 Å². The lowest BCUT2D eigenvalue weighted by Crippen LogP contribution is -2.49. The van der Waals surface area contributed by atoms with Crippen molar-refractivity contribution in [2.45, 2.75) is 309 Å². The first-order chi connectivity index (χ1) is 30.1. The predicted molar refractivity (Wildman–Crippen MR) is 275 cm³/mol. The van der Waals surface area contributed by atoms with E-state index in [1.165, 1.54) is 243 Å². The van der Waals surface area contributed by atoms with Gasteiger partial charge in [0.15, 0.2) is 5.12 Å². The normalized spacial score (nSPS) is 12.5. The lowest BCUT2D eigenvalue weighted by Gasteiger charge is -2.32. The number of likely N-dealkylation sites (N-methyl/N-ethyl adjacent to an activating group) is 1. The van der Waals surface area contributed by atoms with Gasteiger partial charge in [0, 0.05) is 37.5 Å². The monoisotopic (exact) mass is 898 g/mol. The molecule has 0 amide bonds. The lowest BCUT2D eigenvalue weighted by atomic mass is 10.0. The van der Waals surface area contributed by atoms with E-state index in [2.05, 4.69) is 40.1 Å². The fourth-order valence-corrected chi connectivity index (χ4v) is 12.2. The van der Waals surface area contributed by atoms with Gasteiger partial charge in [-0.3, -0.25) is 4.79 Å². The van der Waals surface area contributed by atoms with E-state index in [0.717, 1.165) is 57.1 Å². The number of thioether (sulfide) groups is 1. The highest BCUT2D eigenvalue weighted by molar-refractivity contribution is 8.13. The Morgan fingerprint density at radius 3 is 1.11 bits per heavy atom. The van der Waals surface area contributed by atoms with Gasteiger partial charge in [0.2, 0.25) is 0 Å². The molecule has 5 nitrogen and oxygen atoms in total. The average molecular weight is 899 g/mol. The molecule has 0 radical (unpaired) electrons. The molecular formula is C54H111NO4SSi. The fourth-order valence-electron chi connectivity index (χ4n) is 8.52. The smallest absolute Gasteiger partial charge is 0.373 e. The molecule has 0 aliphatic heterocycles. The quantitative estimate of drug-likeness (QED) is 0.0485. The molecule has 366 valence electrons. The van der Waals surface area contributed by atoms with Crippen LogP contribution in [0.3, 0.4) is 0 Å². The minimum atomic E-state index is -2.92. The van der Waals surface area contributed by atoms with Gasteiger partial charge in [0.05, 0.1) is 6.61 Å². The number of carbonyl (C=O) groups excluding carboxylic acids is 1. The van der Waals surface area contributed by atoms with E-state index in [4.69, 9.17) is 13.3 Å². The molecule has 0 aliphatic carbocycles. The summed E-state index contributed by atoms with van der Waals surface area (Å²) in [6, 6.07) is 1.13. The average Bonchev–Trinajstić information content (AvgIpc) is 3.27. The third-order valence-electron chi connectivity index (χ3n) is 12.8. The summed E-state index contributed by atoms with van der Waals surface area (Å²) in [7, 11) is -0.821. The Labute approximate surface area is 389 Å². The van der Waals surface area contributed by atoms with Crippen molar-refractivity contribution in [2.75, 3.05) is 32.6 Å². The summed E-state index contributed by atoms with van der Waals surface area (Å²) in [6.45, 7) is 11.2. The van der Waals surface area contributed by atoms with Crippen LogP contribution in [0.4, 0.5) is 0 Å². The van der Waals surface area contributed by atoms with Crippen LogP contribution in [0, 0.1) is 0 Å². The topological polar surface area (TPSA) is 56.8 Å². The third-order valence-corrected chi connectivity index (χ3v) is 16.7. The second-order valence-electron chi connectivity index (χ2n) is 18.9. The maximum Gasteiger partial charge on any atom is 0.501 e. The Balaban J connectivity index is 4.95. The molecule has 1 N–H and O–H groups in total. The van der Waals surface area contributed by atoms with Crippen molar-refractivity contribution in [3.63, 3.8) is 0 Å². The third kappa shape index (κ3) is 45.0. The van der Waals surface area contributed by atoms with Crippen LogP contribution in [0.1, 0.15) is 297 Å². The summed E-state index contributed by atoms with van der Waals surface area (Å²) < 4.78 is 20.7. The summed E-state index contributed by atoms with van der Waals surface area (Å²) in [6.07, 6.45) is 54.7. The standard InChI is InChI=1S/C54H111NO4SSi/c1-6-10-14-18-21-24-25-26-27-28-29-30-31-32-33-34-38-41-46-53(55-5)52-59-61(57-48-43-39-35-22-19-15-11-7-2,58-49-44-40-36-23-20-16-12-8-3)51-45-50-60-54(56)47-42-37-17-13-9-4/h53,55H,6-52H2,1-5H3. The van der Waals surface area contributed by atoms with E-state index < -0.39 is 8.80 Å². The Morgan fingerprint density at radius 1 is 0.426 bits per heavy atom. The molecule has 0 aliphatic rings. The molecule has 0 aromatic rings. The van der Waals surface area contributed by atoms with Crippen molar-refractivity contribution < 1.29 is 18.1 Å². The second-order valence-corrected chi connectivity index (χ2v) is 22.8. The van der Waals surface area contributed by atoms with E-state index in [-0.39, 0.29) is 0 Å². The molecule has 1 unspecified atom stereocenters. The van der Waals surface area contributed by atoms with Gasteiger partial charge in [-0.15, -0.1) is 0 Å². The molecule has 0 saturated heterocycles. The molecule has 7 heteroatoms. The Morgan fingerprint density at radius 2 is 0.754 bits per heavy atom. The van der Waals surface area contributed by atoms with E-state index in [1.54, 1.807) is 0 Å². The van der Waals surface area contributed by atoms with Gasteiger partial charge < -0.3 is 18.6 Å². The summed E-state index contributed by atoms with van der Waals surface area (Å²) in [4.78, 5) is 12.7. The zero-order chi connectivity index (χ0) is 44.4. The molecule has 0 saturated carbocycles. The van der Waals surface area contributed by atoms with Gasteiger partial charge in [-0.25, -0.2) is 0 Å². The second kappa shape index (κ2) is 51.1. The van der Waals surface area contributed by atoms with Crippen molar-refractivity contribution in [1.29, 1.82) is 0 Å². The molecule has 0 fully saturated rings. The maximum atomic E-state index is 12.7. The molecule has 0 bridgehead atoms. The largest absolute Gasteiger partial charge is 0.501 e. The first-order valence-electron chi connectivity index (χ1n) is 27.8. The van der Waals surface area contributed by atoms with Crippen molar-refractivity contribution in [3.05, 3.63) is 0 Å². The number of nitrogens with one attached hydrogen (secondary N) is 1. The highest BCUT2D eigenvalue weighted by Crippen LogP contribution is 2.24. The highest BCUT2D eigenvalue weighted by Gasteiger charge is 2.41. The Bertz CT molecular complexity index is 828. The molecule has 61 heavy (non-hydrogen) atoms. The predicted octanol–water partition coefficient (Wildman–Crippen LogP) is 18.3. The molecule has 0 aromatic heterocycles. The van der Waals surface area contributed by atoms with E-state index >= 15 is 0 Å². The molecule has 1 atom stereocenters. The number of unbranched alkanes of at least 4 members (excludes halogenated alkanes) is 35. The van der Waals surface area contributed by atoms with Crippen molar-refractivity contribution in [2.24, 2.45) is 0 Å². The van der Waals surface area contributed by atoms with Crippen LogP contribution < -0.4 is 5.32 Å². The van der Waals surface area contributed by atoms with E-state index in [0.29, 0.717) is 24.2 Å². The first kappa shape index (κ1) is 61.1. The maximum absolute atomic E-state index is 12.7. The van der Waals surface area contributed by atoms with Gasteiger partial charge in [0.1, 0.15) is 0 Å². The molecule has 0 spiro atoms. The number of hydrogen-bond acceptors (Lipinski definition) is 6. The van der Waals surface area contributed by atoms with Gasteiger partial charge in [-0.1, -0.05) is 271 Å². The summed E-state index contributed by atoms with van der Waals surface area (Å²) in [5.74, 6) is 0.836. The van der Waals surface area contributed by atoms with Crippen LogP contribution in [-0.4, -0.2) is 52.6 Å². The SMILES string of the molecule is CCCCCCCCCCCCCCCCCCCCC(CO[Si](CCCSC(=O)CCCCCCC)(OCCCCCCCCCC)OCCCCCCCCCC)NC. The highest BCUT2D eigenvalue weighted by atomic mass is 32.2. The lowest BCUT2D eigenvalue weighted by molar-refractivity contribution is -0.111. The van der Waals surface area contributed by atoms with Gasteiger partial charge in [-0.05, 0) is 39.2 Å². The number of carbonyl (C=O) groups is 1. The Kier molecular flexibility index (Phi) is 51.1. The first-order valence-corrected chi connectivity index (χ1v) is 30.7. The molecule has 0 heterocycles. The minimum Gasteiger partial charge on any atom is -0.373 e. The van der Waals surface area contributed by atoms with Crippen molar-refractivity contribution >= 4 is 25.7 Å². The van der Waals surface area contributed by atoms with Gasteiger partial charge in [0.25, 0.3) is 0 Å². The number of rotatable bonds is 53. The van der Waals surface area contributed by atoms with Crippen LogP contribution in [0.2, 0.25) is 6.04 Å². The van der Waals surface area contributed by atoms with Gasteiger partial charge >= 0.3 is 8.80 Å². The molecular weight excluding hydrogens is 787 g/mol. The summed E-state index contributed by atoms with van der Waals surface area (Å²) in [5.41, 5.74) is 0. The zero-order valence-electron chi connectivity index (χ0n) is 42.4. The van der Waals surface area contributed by atoms with Crippen LogP contribution >= 0.6 is 11.8 Å². The summed E-state index contributed by atoms with van der Waals surface area (Å²) in [5, 5.41) is 3.94. The summed E-state index contributed by atoms with van der Waals surface area (Å²) >= 11 is 1.53. The van der Waals surface area contributed by atoms with Crippen LogP contribution in [0.5, 0.6) is 0 Å². The van der Waals surface area contributed by atoms with E-state index in [1.807, 2.05) is 0 Å². The van der Waals surface area contributed by atoms with Crippen LogP contribution in [0.25, 0.3) is 0 Å². The van der Waals surface area contributed by atoms with Crippen molar-refractivity contribution in [3.8, 4) is 0 Å². The minimum absolute atomic E-state index is 0.315. The molecule has 0 aromatic carbocycles. The van der Waals surface area contributed by atoms with Gasteiger partial charge in [-0.2, -0.15) is 0 Å². The van der Waals surface area contributed by atoms with Crippen LogP contribution in [-0.2, 0) is 18.1 Å². The fraction of sp³-hybridized carbons (Fsp3) is 0.981.